The lowest BCUT2D eigenvalue weighted by Crippen LogP contribution is -1.89. The highest BCUT2D eigenvalue weighted by atomic mass is 14.2. The van der Waals surface area contributed by atoms with Gasteiger partial charge < -0.3 is 0 Å². The molecule has 0 saturated carbocycles. The first-order valence-electron chi connectivity index (χ1n) is 8.97. The lowest BCUT2D eigenvalue weighted by Gasteiger charge is -2.16. The Morgan fingerprint density at radius 2 is 1.04 bits per heavy atom. The van der Waals surface area contributed by atoms with Gasteiger partial charge >= 0.3 is 0 Å². The summed E-state index contributed by atoms with van der Waals surface area (Å²) in [5.41, 5.74) is 5.12. The van der Waals surface area contributed by atoms with E-state index in [1.165, 1.54) is 43.8 Å². The van der Waals surface area contributed by atoms with Gasteiger partial charge in [0.1, 0.15) is 0 Å². The summed E-state index contributed by atoms with van der Waals surface area (Å²) in [7, 11) is 0. The van der Waals surface area contributed by atoms with Crippen molar-refractivity contribution < 1.29 is 0 Å². The van der Waals surface area contributed by atoms with Crippen molar-refractivity contribution in [2.75, 3.05) is 0 Å². The van der Waals surface area contributed by atoms with Gasteiger partial charge in [0.15, 0.2) is 0 Å². The van der Waals surface area contributed by atoms with Gasteiger partial charge in [0.2, 0.25) is 0 Å². The second kappa shape index (κ2) is 6.16. The minimum atomic E-state index is 1.26. The van der Waals surface area contributed by atoms with Gasteiger partial charge in [-0.1, -0.05) is 103 Å². The first-order valence-corrected chi connectivity index (χ1v) is 8.97. The van der Waals surface area contributed by atoms with Crippen LogP contribution in [0.1, 0.15) is 0 Å². The Bertz CT molecular complexity index is 1200. The van der Waals surface area contributed by atoms with E-state index in [0.29, 0.717) is 0 Å². The van der Waals surface area contributed by atoms with Crippen molar-refractivity contribution in [3.05, 3.63) is 109 Å². The molecule has 0 atom stereocenters. The SMILES string of the molecule is c1ccc(-c2cccc3cc4ccccc4c(-c4ccccc4)c23)cc1. The maximum atomic E-state index is 2.31. The van der Waals surface area contributed by atoms with Crippen LogP contribution >= 0.6 is 0 Å². The fraction of sp³-hybridized carbons (Fsp3) is 0. The molecule has 0 unspecified atom stereocenters. The van der Waals surface area contributed by atoms with E-state index in [-0.39, 0.29) is 0 Å². The summed E-state index contributed by atoms with van der Waals surface area (Å²) in [4.78, 5) is 0. The number of hydrogen-bond donors (Lipinski definition) is 0. The van der Waals surface area contributed by atoms with Gasteiger partial charge in [0.25, 0.3) is 0 Å². The molecule has 0 aliphatic rings. The van der Waals surface area contributed by atoms with Crippen LogP contribution in [0, 0.1) is 0 Å². The summed E-state index contributed by atoms with van der Waals surface area (Å²) < 4.78 is 0. The molecule has 5 rings (SSSR count). The van der Waals surface area contributed by atoms with E-state index in [4.69, 9.17) is 0 Å². The molecule has 5 aromatic carbocycles. The molecular formula is C26H18. The molecule has 0 amide bonds. The van der Waals surface area contributed by atoms with E-state index in [1.807, 2.05) is 0 Å². The zero-order valence-electron chi connectivity index (χ0n) is 14.4. The van der Waals surface area contributed by atoms with Gasteiger partial charge in [-0.3, -0.25) is 0 Å². The predicted octanol–water partition coefficient (Wildman–Crippen LogP) is 7.33. The molecule has 0 nitrogen and oxygen atoms in total. The van der Waals surface area contributed by atoms with E-state index in [0.717, 1.165) is 0 Å². The molecule has 0 fully saturated rings. The van der Waals surface area contributed by atoms with Gasteiger partial charge in [0, 0.05) is 0 Å². The molecule has 0 bridgehead atoms. The second-order valence-electron chi connectivity index (χ2n) is 6.61. The van der Waals surface area contributed by atoms with Crippen molar-refractivity contribution in [1.29, 1.82) is 0 Å². The molecule has 26 heavy (non-hydrogen) atoms. The van der Waals surface area contributed by atoms with Crippen LogP contribution < -0.4 is 0 Å². The number of rotatable bonds is 2. The zero-order chi connectivity index (χ0) is 17.3. The van der Waals surface area contributed by atoms with Crippen molar-refractivity contribution in [2.24, 2.45) is 0 Å². The fourth-order valence-corrected chi connectivity index (χ4v) is 3.89. The standard InChI is InChI=1S/C26H18/c1-3-10-19(11-4-1)23-17-9-15-22-18-21-14-7-8-16-24(21)25(26(22)23)20-12-5-2-6-13-20/h1-18H. The molecule has 0 aromatic heterocycles. The third kappa shape index (κ3) is 2.39. The average Bonchev–Trinajstić information content (AvgIpc) is 2.73. The summed E-state index contributed by atoms with van der Waals surface area (Å²) in [5, 5.41) is 5.19. The van der Waals surface area contributed by atoms with Crippen LogP contribution in [0.3, 0.4) is 0 Å². The van der Waals surface area contributed by atoms with Gasteiger partial charge in [-0.05, 0) is 49.9 Å². The molecule has 0 spiro atoms. The topological polar surface area (TPSA) is 0 Å². The Kier molecular flexibility index (Phi) is 3.54. The predicted molar refractivity (Wildman–Crippen MR) is 112 cm³/mol. The van der Waals surface area contributed by atoms with Crippen LogP contribution in [-0.2, 0) is 0 Å². The van der Waals surface area contributed by atoms with Crippen LogP contribution in [0.5, 0.6) is 0 Å². The number of benzene rings is 5. The minimum Gasteiger partial charge on any atom is -0.0622 e. The highest BCUT2D eigenvalue weighted by molar-refractivity contribution is 6.17. The van der Waals surface area contributed by atoms with Crippen LogP contribution in [0.2, 0.25) is 0 Å². The Balaban J connectivity index is 2.00. The molecule has 0 saturated heterocycles. The van der Waals surface area contributed by atoms with Crippen molar-refractivity contribution in [3.8, 4) is 22.3 Å². The highest BCUT2D eigenvalue weighted by Crippen LogP contribution is 2.41. The monoisotopic (exact) mass is 330 g/mol. The fourth-order valence-electron chi connectivity index (χ4n) is 3.89. The summed E-state index contributed by atoms with van der Waals surface area (Å²) >= 11 is 0. The Labute approximate surface area is 153 Å². The smallest absolute Gasteiger partial charge is 0.00204 e. The maximum Gasteiger partial charge on any atom is -0.00204 e. The molecule has 0 heterocycles. The number of fused-ring (bicyclic) bond motifs is 2. The van der Waals surface area contributed by atoms with Crippen molar-refractivity contribution in [2.45, 2.75) is 0 Å². The summed E-state index contributed by atoms with van der Waals surface area (Å²) in [6.07, 6.45) is 0. The molecule has 0 heteroatoms. The molecule has 5 aromatic rings. The third-order valence-electron chi connectivity index (χ3n) is 5.04. The van der Waals surface area contributed by atoms with Gasteiger partial charge in [-0.15, -0.1) is 0 Å². The van der Waals surface area contributed by atoms with E-state index < -0.39 is 0 Å². The van der Waals surface area contributed by atoms with E-state index in [1.54, 1.807) is 0 Å². The van der Waals surface area contributed by atoms with Gasteiger partial charge in [-0.25, -0.2) is 0 Å². The van der Waals surface area contributed by atoms with Gasteiger partial charge in [0.05, 0.1) is 0 Å². The van der Waals surface area contributed by atoms with E-state index in [9.17, 15) is 0 Å². The lowest BCUT2D eigenvalue weighted by atomic mass is 9.88. The van der Waals surface area contributed by atoms with Crippen molar-refractivity contribution in [3.63, 3.8) is 0 Å². The normalized spacial score (nSPS) is 11.1. The van der Waals surface area contributed by atoms with Crippen LogP contribution in [0.25, 0.3) is 43.8 Å². The average molecular weight is 330 g/mol. The second-order valence-corrected chi connectivity index (χ2v) is 6.61. The molecule has 0 aliphatic carbocycles. The Morgan fingerprint density at radius 1 is 0.423 bits per heavy atom. The van der Waals surface area contributed by atoms with Gasteiger partial charge in [-0.2, -0.15) is 0 Å². The molecule has 122 valence electrons. The largest absolute Gasteiger partial charge is 0.0622 e. The first kappa shape index (κ1) is 14.9. The minimum absolute atomic E-state index is 1.26. The Morgan fingerprint density at radius 3 is 1.81 bits per heavy atom. The van der Waals surface area contributed by atoms with Crippen molar-refractivity contribution in [1.82, 2.24) is 0 Å². The van der Waals surface area contributed by atoms with E-state index >= 15 is 0 Å². The van der Waals surface area contributed by atoms with Crippen LogP contribution in [0.4, 0.5) is 0 Å². The number of hydrogen-bond acceptors (Lipinski definition) is 0. The maximum absolute atomic E-state index is 2.31. The summed E-state index contributed by atoms with van der Waals surface area (Å²) in [6, 6.07) is 39.0. The molecule has 0 N–H and O–H groups in total. The Hall–Kier alpha value is -3.38. The highest BCUT2D eigenvalue weighted by Gasteiger charge is 2.13. The molecule has 0 aliphatic heterocycles. The molecular weight excluding hydrogens is 312 g/mol. The summed E-state index contributed by atoms with van der Waals surface area (Å²) in [5.74, 6) is 0. The van der Waals surface area contributed by atoms with Crippen LogP contribution in [0.15, 0.2) is 109 Å². The van der Waals surface area contributed by atoms with E-state index in [2.05, 4.69) is 109 Å². The lowest BCUT2D eigenvalue weighted by molar-refractivity contribution is 1.64. The quantitative estimate of drug-likeness (QED) is 0.297. The zero-order valence-corrected chi connectivity index (χ0v) is 14.4. The first-order chi connectivity index (χ1) is 12.9. The van der Waals surface area contributed by atoms with Crippen LogP contribution in [-0.4, -0.2) is 0 Å². The third-order valence-corrected chi connectivity index (χ3v) is 5.04. The van der Waals surface area contributed by atoms with Crippen molar-refractivity contribution >= 4 is 21.5 Å². The molecule has 0 radical (unpaired) electrons. The summed E-state index contributed by atoms with van der Waals surface area (Å²) in [6.45, 7) is 0.